The third kappa shape index (κ3) is 1.34. The van der Waals surface area contributed by atoms with Crippen LogP contribution in [0, 0.1) is 5.82 Å². The number of aliphatic imine (C=N–C) groups is 1. The van der Waals surface area contributed by atoms with Gasteiger partial charge in [-0.2, -0.15) is 5.10 Å². The SMILES string of the molecule is Cn1cc(-c2cc(F)c3c(c2)C=NC3)cn1. The largest absolute Gasteiger partial charge is 0.288 e. The van der Waals surface area contributed by atoms with E-state index in [0.29, 0.717) is 12.1 Å². The number of aryl methyl sites for hydroxylation is 1. The summed E-state index contributed by atoms with van der Waals surface area (Å²) in [6.07, 6.45) is 5.32. The van der Waals surface area contributed by atoms with Crippen LogP contribution in [0.3, 0.4) is 0 Å². The quantitative estimate of drug-likeness (QED) is 0.717. The Morgan fingerprint density at radius 1 is 1.31 bits per heavy atom. The topological polar surface area (TPSA) is 30.2 Å². The van der Waals surface area contributed by atoms with Crippen molar-refractivity contribution in [3.63, 3.8) is 0 Å². The monoisotopic (exact) mass is 215 g/mol. The maximum atomic E-state index is 13.7. The Balaban J connectivity index is 2.16. The van der Waals surface area contributed by atoms with E-state index in [1.807, 2.05) is 19.3 Å². The molecule has 3 rings (SSSR count). The number of benzene rings is 1. The zero-order valence-corrected chi connectivity index (χ0v) is 8.81. The highest BCUT2D eigenvalue weighted by molar-refractivity contribution is 5.87. The van der Waals surface area contributed by atoms with Gasteiger partial charge in [-0.3, -0.25) is 9.67 Å². The summed E-state index contributed by atoms with van der Waals surface area (Å²) in [4.78, 5) is 4.07. The molecule has 2 aromatic rings. The fourth-order valence-corrected chi connectivity index (χ4v) is 1.91. The molecule has 1 aliphatic heterocycles. The highest BCUT2D eigenvalue weighted by Gasteiger charge is 2.14. The smallest absolute Gasteiger partial charge is 0.129 e. The van der Waals surface area contributed by atoms with E-state index in [1.54, 1.807) is 23.2 Å². The first kappa shape index (κ1) is 9.27. The maximum Gasteiger partial charge on any atom is 0.129 e. The van der Waals surface area contributed by atoms with Crippen molar-refractivity contribution in [1.82, 2.24) is 9.78 Å². The molecular weight excluding hydrogens is 205 g/mol. The Morgan fingerprint density at radius 3 is 2.94 bits per heavy atom. The van der Waals surface area contributed by atoms with Gasteiger partial charge in [0.15, 0.2) is 0 Å². The van der Waals surface area contributed by atoms with Gasteiger partial charge >= 0.3 is 0 Å². The molecule has 1 aliphatic rings. The second kappa shape index (κ2) is 3.27. The third-order valence-corrected chi connectivity index (χ3v) is 2.75. The minimum Gasteiger partial charge on any atom is -0.288 e. The van der Waals surface area contributed by atoms with E-state index in [9.17, 15) is 4.39 Å². The molecule has 0 fully saturated rings. The standard InChI is InChI=1S/C12H10FN3/c1-16-7-10(5-15-16)8-2-9-4-14-6-11(9)12(13)3-8/h2-5,7H,6H2,1H3. The van der Waals surface area contributed by atoms with Crippen LogP contribution in [0.5, 0.6) is 0 Å². The second-order valence-corrected chi connectivity index (χ2v) is 3.90. The van der Waals surface area contributed by atoms with Gasteiger partial charge in [0.2, 0.25) is 0 Å². The van der Waals surface area contributed by atoms with Gasteiger partial charge in [-0.1, -0.05) is 0 Å². The summed E-state index contributed by atoms with van der Waals surface area (Å²) in [6.45, 7) is 0.453. The van der Waals surface area contributed by atoms with Crippen molar-refractivity contribution in [1.29, 1.82) is 0 Å². The molecule has 0 spiro atoms. The van der Waals surface area contributed by atoms with E-state index in [0.717, 1.165) is 16.7 Å². The van der Waals surface area contributed by atoms with Gasteiger partial charge in [0.25, 0.3) is 0 Å². The third-order valence-electron chi connectivity index (χ3n) is 2.75. The predicted molar refractivity (Wildman–Crippen MR) is 59.9 cm³/mol. The summed E-state index contributed by atoms with van der Waals surface area (Å²) in [6, 6.07) is 3.50. The number of hydrogen-bond acceptors (Lipinski definition) is 2. The van der Waals surface area contributed by atoms with E-state index in [-0.39, 0.29) is 5.82 Å². The van der Waals surface area contributed by atoms with Gasteiger partial charge < -0.3 is 0 Å². The molecule has 0 radical (unpaired) electrons. The molecule has 3 nitrogen and oxygen atoms in total. The summed E-state index contributed by atoms with van der Waals surface area (Å²) in [5, 5.41) is 4.08. The first-order chi connectivity index (χ1) is 7.74. The highest BCUT2D eigenvalue weighted by atomic mass is 19.1. The highest BCUT2D eigenvalue weighted by Crippen LogP contribution is 2.26. The average molecular weight is 215 g/mol. The Labute approximate surface area is 92.2 Å². The van der Waals surface area contributed by atoms with Crippen LogP contribution in [0.1, 0.15) is 11.1 Å². The molecule has 0 bridgehead atoms. The summed E-state index contributed by atoms with van der Waals surface area (Å²) < 4.78 is 15.4. The van der Waals surface area contributed by atoms with Crippen molar-refractivity contribution in [3.05, 3.63) is 41.5 Å². The number of aromatic nitrogens is 2. The molecule has 0 atom stereocenters. The lowest BCUT2D eigenvalue weighted by molar-refractivity contribution is 0.613. The van der Waals surface area contributed by atoms with Gasteiger partial charge in [-0.25, -0.2) is 4.39 Å². The molecule has 0 unspecified atom stereocenters. The Bertz CT molecular complexity index is 584. The molecule has 0 aliphatic carbocycles. The fraction of sp³-hybridized carbons (Fsp3) is 0.167. The molecule has 80 valence electrons. The molecule has 2 heterocycles. The number of hydrogen-bond donors (Lipinski definition) is 0. The number of nitrogens with zero attached hydrogens (tertiary/aromatic N) is 3. The van der Waals surface area contributed by atoms with Gasteiger partial charge in [0, 0.05) is 36.1 Å². The Kier molecular flexibility index (Phi) is 1.89. The molecule has 0 N–H and O–H groups in total. The maximum absolute atomic E-state index is 13.7. The lowest BCUT2D eigenvalue weighted by Crippen LogP contribution is -1.91. The molecule has 1 aromatic heterocycles. The zero-order valence-electron chi connectivity index (χ0n) is 8.81. The van der Waals surface area contributed by atoms with E-state index in [4.69, 9.17) is 0 Å². The predicted octanol–water partition coefficient (Wildman–Crippen LogP) is 2.16. The number of fused-ring (bicyclic) bond motifs is 1. The molecule has 16 heavy (non-hydrogen) atoms. The number of halogens is 1. The van der Waals surface area contributed by atoms with Crippen LogP contribution < -0.4 is 0 Å². The lowest BCUT2D eigenvalue weighted by Gasteiger charge is -2.03. The van der Waals surface area contributed by atoms with Gasteiger partial charge in [0.05, 0.1) is 12.7 Å². The van der Waals surface area contributed by atoms with Gasteiger partial charge in [0.1, 0.15) is 5.82 Å². The van der Waals surface area contributed by atoms with Crippen LogP contribution in [0.25, 0.3) is 11.1 Å². The first-order valence-corrected chi connectivity index (χ1v) is 5.05. The molecular formula is C12H10FN3. The molecule has 4 heteroatoms. The van der Waals surface area contributed by atoms with Crippen LogP contribution >= 0.6 is 0 Å². The van der Waals surface area contributed by atoms with E-state index in [2.05, 4.69) is 10.1 Å². The van der Waals surface area contributed by atoms with Crippen molar-refractivity contribution in [3.8, 4) is 11.1 Å². The second-order valence-electron chi connectivity index (χ2n) is 3.90. The number of rotatable bonds is 1. The van der Waals surface area contributed by atoms with Gasteiger partial charge in [-0.15, -0.1) is 0 Å². The van der Waals surface area contributed by atoms with E-state index < -0.39 is 0 Å². The van der Waals surface area contributed by atoms with Crippen LogP contribution in [-0.2, 0) is 13.6 Å². The van der Waals surface area contributed by atoms with E-state index in [1.165, 1.54) is 0 Å². The van der Waals surface area contributed by atoms with Gasteiger partial charge in [-0.05, 0) is 17.7 Å². The molecule has 0 saturated carbocycles. The first-order valence-electron chi connectivity index (χ1n) is 5.05. The summed E-state index contributed by atoms with van der Waals surface area (Å²) in [5.41, 5.74) is 3.33. The minimum atomic E-state index is -0.186. The van der Waals surface area contributed by atoms with Crippen molar-refractivity contribution in [2.75, 3.05) is 0 Å². The van der Waals surface area contributed by atoms with E-state index >= 15 is 0 Å². The minimum absolute atomic E-state index is 0.186. The molecule has 0 amide bonds. The summed E-state index contributed by atoms with van der Waals surface area (Å²) in [5.74, 6) is -0.186. The zero-order chi connectivity index (χ0) is 11.1. The fourth-order valence-electron chi connectivity index (χ4n) is 1.91. The van der Waals surface area contributed by atoms with Crippen molar-refractivity contribution in [2.45, 2.75) is 6.54 Å². The summed E-state index contributed by atoms with van der Waals surface area (Å²) >= 11 is 0. The van der Waals surface area contributed by atoms with Crippen molar-refractivity contribution in [2.24, 2.45) is 12.0 Å². The normalized spacial score (nSPS) is 13.1. The molecule has 0 saturated heterocycles. The molecule has 1 aromatic carbocycles. The Hall–Kier alpha value is -1.97. The Morgan fingerprint density at radius 2 is 2.19 bits per heavy atom. The summed E-state index contributed by atoms with van der Waals surface area (Å²) in [7, 11) is 1.84. The average Bonchev–Trinajstić information content (AvgIpc) is 2.85. The van der Waals surface area contributed by atoms with Crippen LogP contribution in [0.2, 0.25) is 0 Å². The van der Waals surface area contributed by atoms with Crippen molar-refractivity contribution < 1.29 is 4.39 Å². The van der Waals surface area contributed by atoms with Crippen LogP contribution in [0.15, 0.2) is 29.5 Å². The lowest BCUT2D eigenvalue weighted by atomic mass is 10.0. The van der Waals surface area contributed by atoms with Crippen molar-refractivity contribution >= 4 is 6.21 Å². The van der Waals surface area contributed by atoms with Crippen LogP contribution in [0.4, 0.5) is 4.39 Å². The van der Waals surface area contributed by atoms with Crippen LogP contribution in [-0.4, -0.2) is 16.0 Å².